The number of nitrogens with one attached hydrogen (secondary N) is 1. The molecule has 3 nitrogen and oxygen atoms in total. The highest BCUT2D eigenvalue weighted by atomic mass is 79.9. The predicted molar refractivity (Wildman–Crippen MR) is 78.3 cm³/mol. The SMILES string of the molecule is Fc1c(CNC2CC2)ccnc1Oc1ccccc1Br. The lowest BCUT2D eigenvalue weighted by atomic mass is 10.2. The zero-order valence-electron chi connectivity index (χ0n) is 10.8. The summed E-state index contributed by atoms with van der Waals surface area (Å²) in [6, 6.07) is 9.52. The van der Waals surface area contributed by atoms with Crippen LogP contribution in [0, 0.1) is 5.82 Å². The second-order valence-electron chi connectivity index (χ2n) is 4.78. The third-order valence-electron chi connectivity index (χ3n) is 3.14. The first-order valence-corrected chi connectivity index (χ1v) is 7.32. The van der Waals surface area contributed by atoms with Gasteiger partial charge in [-0.05, 0) is 47.0 Å². The number of para-hydroxylation sites is 1. The normalized spacial score (nSPS) is 14.3. The van der Waals surface area contributed by atoms with Gasteiger partial charge in [-0.1, -0.05) is 12.1 Å². The second-order valence-corrected chi connectivity index (χ2v) is 5.63. The van der Waals surface area contributed by atoms with Gasteiger partial charge in [0.15, 0.2) is 5.82 Å². The van der Waals surface area contributed by atoms with Crippen LogP contribution < -0.4 is 10.1 Å². The summed E-state index contributed by atoms with van der Waals surface area (Å²) in [4.78, 5) is 3.97. The molecular weight excluding hydrogens is 323 g/mol. The molecule has 0 amide bonds. The van der Waals surface area contributed by atoms with Crippen molar-refractivity contribution in [2.24, 2.45) is 0 Å². The van der Waals surface area contributed by atoms with Gasteiger partial charge in [-0.25, -0.2) is 9.37 Å². The fraction of sp³-hybridized carbons (Fsp3) is 0.267. The van der Waals surface area contributed by atoms with Crippen LogP contribution in [0.25, 0.3) is 0 Å². The highest BCUT2D eigenvalue weighted by Gasteiger charge is 2.21. The third-order valence-corrected chi connectivity index (χ3v) is 3.79. The number of ether oxygens (including phenoxy) is 1. The molecule has 0 atom stereocenters. The number of hydrogen-bond acceptors (Lipinski definition) is 3. The van der Waals surface area contributed by atoms with Gasteiger partial charge < -0.3 is 10.1 Å². The molecule has 1 heterocycles. The van der Waals surface area contributed by atoms with Crippen LogP contribution >= 0.6 is 15.9 Å². The molecular formula is C15H14BrFN2O. The Kier molecular flexibility index (Phi) is 3.98. The molecule has 1 aliphatic carbocycles. The van der Waals surface area contributed by atoms with E-state index in [0.717, 1.165) is 4.47 Å². The van der Waals surface area contributed by atoms with Gasteiger partial charge in [-0.3, -0.25) is 0 Å². The number of pyridine rings is 1. The molecule has 3 rings (SSSR count). The minimum absolute atomic E-state index is 0.00648. The Morgan fingerprint density at radius 1 is 1.30 bits per heavy atom. The molecule has 1 N–H and O–H groups in total. The van der Waals surface area contributed by atoms with Gasteiger partial charge in [-0.15, -0.1) is 0 Å². The van der Waals surface area contributed by atoms with E-state index < -0.39 is 5.82 Å². The van der Waals surface area contributed by atoms with Crippen LogP contribution in [0.4, 0.5) is 4.39 Å². The highest BCUT2D eigenvalue weighted by Crippen LogP contribution is 2.30. The average Bonchev–Trinajstić information content (AvgIpc) is 3.26. The van der Waals surface area contributed by atoms with Gasteiger partial charge in [0, 0.05) is 24.3 Å². The molecule has 0 radical (unpaired) electrons. The van der Waals surface area contributed by atoms with E-state index in [1.807, 2.05) is 18.2 Å². The van der Waals surface area contributed by atoms with E-state index in [4.69, 9.17) is 4.74 Å². The zero-order valence-corrected chi connectivity index (χ0v) is 12.4. The topological polar surface area (TPSA) is 34.2 Å². The summed E-state index contributed by atoms with van der Waals surface area (Å²) in [7, 11) is 0. The van der Waals surface area contributed by atoms with Gasteiger partial charge in [0.2, 0.25) is 0 Å². The first-order valence-electron chi connectivity index (χ1n) is 6.53. The molecule has 0 saturated heterocycles. The minimum Gasteiger partial charge on any atom is -0.435 e. The maximum atomic E-state index is 14.3. The molecule has 0 spiro atoms. The monoisotopic (exact) mass is 336 g/mol. The Labute approximate surface area is 125 Å². The molecule has 1 aromatic heterocycles. The number of hydrogen-bond donors (Lipinski definition) is 1. The zero-order chi connectivity index (χ0) is 13.9. The van der Waals surface area contributed by atoms with Crippen molar-refractivity contribution < 1.29 is 9.13 Å². The number of aromatic nitrogens is 1. The van der Waals surface area contributed by atoms with Crippen molar-refractivity contribution in [3.8, 4) is 11.6 Å². The Morgan fingerprint density at radius 3 is 2.85 bits per heavy atom. The van der Waals surface area contributed by atoms with Crippen molar-refractivity contribution in [3.63, 3.8) is 0 Å². The van der Waals surface area contributed by atoms with E-state index in [2.05, 4.69) is 26.2 Å². The van der Waals surface area contributed by atoms with Gasteiger partial charge >= 0.3 is 0 Å². The summed E-state index contributed by atoms with van der Waals surface area (Å²) < 4.78 is 20.6. The van der Waals surface area contributed by atoms with E-state index in [1.54, 1.807) is 18.3 Å². The Hall–Kier alpha value is -1.46. The van der Waals surface area contributed by atoms with E-state index in [-0.39, 0.29) is 5.88 Å². The maximum absolute atomic E-state index is 14.3. The number of benzene rings is 1. The summed E-state index contributed by atoms with van der Waals surface area (Å²) in [6.45, 7) is 0.505. The molecule has 104 valence electrons. The number of halogens is 2. The Balaban J connectivity index is 1.78. The summed E-state index contributed by atoms with van der Waals surface area (Å²) in [5, 5.41) is 3.28. The lowest BCUT2D eigenvalue weighted by Crippen LogP contribution is -2.16. The van der Waals surface area contributed by atoms with E-state index >= 15 is 0 Å². The van der Waals surface area contributed by atoms with Crippen LogP contribution in [0.2, 0.25) is 0 Å². The quantitative estimate of drug-likeness (QED) is 0.895. The van der Waals surface area contributed by atoms with Gasteiger partial charge in [-0.2, -0.15) is 0 Å². The first-order chi connectivity index (χ1) is 9.74. The van der Waals surface area contributed by atoms with Crippen molar-refractivity contribution >= 4 is 15.9 Å². The molecule has 0 bridgehead atoms. The first kappa shape index (κ1) is 13.5. The van der Waals surface area contributed by atoms with E-state index in [0.29, 0.717) is 23.9 Å². The molecule has 0 aliphatic heterocycles. The second kappa shape index (κ2) is 5.89. The van der Waals surface area contributed by atoms with Gasteiger partial charge in [0.25, 0.3) is 5.88 Å². The van der Waals surface area contributed by atoms with Crippen molar-refractivity contribution in [1.82, 2.24) is 10.3 Å². The largest absolute Gasteiger partial charge is 0.435 e. The van der Waals surface area contributed by atoms with E-state index in [1.165, 1.54) is 12.8 Å². The van der Waals surface area contributed by atoms with Crippen molar-refractivity contribution in [3.05, 3.63) is 52.4 Å². The molecule has 20 heavy (non-hydrogen) atoms. The van der Waals surface area contributed by atoms with E-state index in [9.17, 15) is 4.39 Å². The van der Waals surface area contributed by atoms with Crippen molar-refractivity contribution in [2.45, 2.75) is 25.4 Å². The minimum atomic E-state index is -0.406. The summed E-state index contributed by atoms with van der Waals surface area (Å²) in [5.41, 5.74) is 0.578. The summed E-state index contributed by atoms with van der Waals surface area (Å²) in [5.74, 6) is 0.148. The number of rotatable bonds is 5. The van der Waals surface area contributed by atoms with Crippen LogP contribution in [-0.4, -0.2) is 11.0 Å². The summed E-state index contributed by atoms with van der Waals surface area (Å²) in [6.07, 6.45) is 3.92. The van der Waals surface area contributed by atoms with Crippen LogP contribution in [0.5, 0.6) is 11.6 Å². The fourth-order valence-electron chi connectivity index (χ4n) is 1.84. The smallest absolute Gasteiger partial charge is 0.256 e. The molecule has 1 fully saturated rings. The third kappa shape index (κ3) is 3.16. The average molecular weight is 337 g/mol. The molecule has 1 aliphatic rings. The van der Waals surface area contributed by atoms with Crippen LogP contribution in [0.1, 0.15) is 18.4 Å². The standard InChI is InChI=1S/C15H14BrFN2O/c16-12-3-1-2-4-13(12)20-15-14(17)10(7-8-18-15)9-19-11-5-6-11/h1-4,7-8,11,19H,5-6,9H2. The molecule has 2 aromatic rings. The Morgan fingerprint density at radius 2 is 2.10 bits per heavy atom. The van der Waals surface area contributed by atoms with Crippen LogP contribution in [0.15, 0.2) is 41.0 Å². The predicted octanol–water partition coefficient (Wildman–Crippen LogP) is 4.03. The Bertz CT molecular complexity index is 617. The molecule has 5 heteroatoms. The lowest BCUT2D eigenvalue weighted by Gasteiger charge is -2.10. The van der Waals surface area contributed by atoms with Crippen molar-refractivity contribution in [1.29, 1.82) is 0 Å². The maximum Gasteiger partial charge on any atom is 0.256 e. The van der Waals surface area contributed by atoms with Crippen molar-refractivity contribution in [2.75, 3.05) is 0 Å². The van der Waals surface area contributed by atoms with Crippen LogP contribution in [-0.2, 0) is 6.54 Å². The summed E-state index contributed by atoms with van der Waals surface area (Å²) >= 11 is 3.37. The molecule has 1 saturated carbocycles. The fourth-order valence-corrected chi connectivity index (χ4v) is 2.21. The lowest BCUT2D eigenvalue weighted by molar-refractivity contribution is 0.415. The molecule has 1 aromatic carbocycles. The van der Waals surface area contributed by atoms with Crippen LogP contribution in [0.3, 0.4) is 0 Å². The number of nitrogens with zero attached hydrogens (tertiary/aromatic N) is 1. The highest BCUT2D eigenvalue weighted by molar-refractivity contribution is 9.10. The van der Waals surface area contributed by atoms with Gasteiger partial charge in [0.05, 0.1) is 4.47 Å². The van der Waals surface area contributed by atoms with Gasteiger partial charge in [0.1, 0.15) is 5.75 Å². The molecule has 0 unspecified atom stereocenters.